The zero-order valence-electron chi connectivity index (χ0n) is 19.8. The van der Waals surface area contributed by atoms with Gasteiger partial charge in [0.05, 0.1) is 23.4 Å². The molecule has 0 unspecified atom stereocenters. The standard InChI is InChI=1S/C25H25BrN2O7/c1-5-33-20-12-16(11-19(26)22(20)35-13-21(29)34-6-2)10-18-23(30)27-25(32)28(24(18)31)17-8-7-14(3)15(4)9-17/h7-12H,5-6,13H2,1-4H3,(H,27,30,32)/b18-10+. The molecule has 3 rings (SSSR count). The van der Waals surface area contributed by atoms with Crippen LogP contribution in [-0.4, -0.2) is 43.6 Å². The van der Waals surface area contributed by atoms with Crippen LogP contribution in [0.5, 0.6) is 11.5 Å². The van der Waals surface area contributed by atoms with Gasteiger partial charge < -0.3 is 14.2 Å². The molecule has 35 heavy (non-hydrogen) atoms. The highest BCUT2D eigenvalue weighted by Crippen LogP contribution is 2.38. The van der Waals surface area contributed by atoms with Crippen LogP contribution in [0.4, 0.5) is 10.5 Å². The van der Waals surface area contributed by atoms with Gasteiger partial charge in [-0.25, -0.2) is 14.5 Å². The summed E-state index contributed by atoms with van der Waals surface area (Å²) >= 11 is 3.39. The Morgan fingerprint density at radius 2 is 1.77 bits per heavy atom. The summed E-state index contributed by atoms with van der Waals surface area (Å²) in [6.45, 7) is 7.47. The van der Waals surface area contributed by atoms with Crippen molar-refractivity contribution in [1.29, 1.82) is 0 Å². The second-order valence-electron chi connectivity index (χ2n) is 7.58. The number of ether oxygens (including phenoxy) is 3. The molecule has 9 nitrogen and oxygen atoms in total. The fourth-order valence-electron chi connectivity index (χ4n) is 3.33. The van der Waals surface area contributed by atoms with Crippen LogP contribution in [0.3, 0.4) is 0 Å². The first-order chi connectivity index (χ1) is 16.7. The first kappa shape index (κ1) is 26.0. The number of barbiturate groups is 1. The minimum Gasteiger partial charge on any atom is -0.490 e. The summed E-state index contributed by atoms with van der Waals surface area (Å²) in [5, 5.41) is 2.21. The lowest BCUT2D eigenvalue weighted by atomic mass is 10.0. The van der Waals surface area contributed by atoms with E-state index in [1.165, 1.54) is 6.08 Å². The van der Waals surface area contributed by atoms with Crippen LogP contribution in [0.1, 0.15) is 30.5 Å². The topological polar surface area (TPSA) is 111 Å². The molecule has 1 N–H and O–H groups in total. The van der Waals surface area contributed by atoms with Crippen LogP contribution in [0.15, 0.2) is 40.4 Å². The van der Waals surface area contributed by atoms with E-state index >= 15 is 0 Å². The van der Waals surface area contributed by atoms with Gasteiger partial charge in [-0.2, -0.15) is 0 Å². The second kappa shape index (κ2) is 11.2. The predicted molar refractivity (Wildman–Crippen MR) is 132 cm³/mol. The van der Waals surface area contributed by atoms with Crippen molar-refractivity contribution < 1.29 is 33.4 Å². The molecule has 0 bridgehead atoms. The number of nitrogens with one attached hydrogen (secondary N) is 1. The Bertz CT molecular complexity index is 1220. The van der Waals surface area contributed by atoms with Crippen LogP contribution < -0.4 is 19.7 Å². The molecule has 184 valence electrons. The number of rotatable bonds is 8. The van der Waals surface area contributed by atoms with Crippen LogP contribution in [0.25, 0.3) is 6.08 Å². The van der Waals surface area contributed by atoms with Crippen molar-refractivity contribution in [3.8, 4) is 11.5 Å². The maximum Gasteiger partial charge on any atom is 0.344 e. The zero-order chi connectivity index (χ0) is 25.7. The summed E-state index contributed by atoms with van der Waals surface area (Å²) < 4.78 is 16.5. The zero-order valence-corrected chi connectivity index (χ0v) is 21.4. The summed E-state index contributed by atoms with van der Waals surface area (Å²) in [5.41, 5.74) is 2.47. The smallest absolute Gasteiger partial charge is 0.344 e. The number of anilines is 1. The first-order valence-electron chi connectivity index (χ1n) is 10.9. The lowest BCUT2D eigenvalue weighted by molar-refractivity contribution is -0.145. The molecule has 0 radical (unpaired) electrons. The number of hydrogen-bond acceptors (Lipinski definition) is 7. The van der Waals surface area contributed by atoms with E-state index in [1.807, 2.05) is 13.8 Å². The van der Waals surface area contributed by atoms with Gasteiger partial charge in [-0.15, -0.1) is 0 Å². The van der Waals surface area contributed by atoms with Gasteiger partial charge in [-0.1, -0.05) is 6.07 Å². The molecular weight excluding hydrogens is 520 g/mol. The summed E-state index contributed by atoms with van der Waals surface area (Å²) in [7, 11) is 0. The average Bonchev–Trinajstić information content (AvgIpc) is 2.78. The molecule has 1 aliphatic heterocycles. The molecule has 0 saturated carbocycles. The normalized spacial score (nSPS) is 14.7. The van der Waals surface area contributed by atoms with Crippen LogP contribution in [0.2, 0.25) is 0 Å². The van der Waals surface area contributed by atoms with Crippen LogP contribution in [-0.2, 0) is 19.1 Å². The van der Waals surface area contributed by atoms with Crippen molar-refractivity contribution in [1.82, 2.24) is 5.32 Å². The maximum atomic E-state index is 13.2. The summed E-state index contributed by atoms with van der Waals surface area (Å²) in [6, 6.07) is 7.50. The Morgan fingerprint density at radius 3 is 2.43 bits per heavy atom. The summed E-state index contributed by atoms with van der Waals surface area (Å²) in [6.07, 6.45) is 1.36. The van der Waals surface area contributed by atoms with Crippen molar-refractivity contribution in [3.63, 3.8) is 0 Å². The van der Waals surface area contributed by atoms with Gasteiger partial charge in [0, 0.05) is 0 Å². The summed E-state index contributed by atoms with van der Waals surface area (Å²) in [4.78, 5) is 50.9. The lowest BCUT2D eigenvalue weighted by Gasteiger charge is -2.27. The first-order valence-corrected chi connectivity index (χ1v) is 11.7. The van der Waals surface area contributed by atoms with Crippen molar-refractivity contribution in [3.05, 3.63) is 57.1 Å². The maximum absolute atomic E-state index is 13.2. The molecule has 2 aromatic rings. The number of imide groups is 2. The average molecular weight is 545 g/mol. The molecule has 1 heterocycles. The Morgan fingerprint density at radius 1 is 1.03 bits per heavy atom. The van der Waals surface area contributed by atoms with E-state index in [9.17, 15) is 19.2 Å². The molecule has 1 aliphatic rings. The van der Waals surface area contributed by atoms with Crippen LogP contribution >= 0.6 is 15.9 Å². The van der Waals surface area contributed by atoms with E-state index in [-0.39, 0.29) is 24.5 Å². The van der Waals surface area contributed by atoms with E-state index in [2.05, 4.69) is 21.2 Å². The van der Waals surface area contributed by atoms with Crippen molar-refractivity contribution in [2.75, 3.05) is 24.7 Å². The molecule has 0 spiro atoms. The fourth-order valence-corrected chi connectivity index (χ4v) is 3.91. The molecule has 1 saturated heterocycles. The SMILES string of the molecule is CCOC(=O)COc1c(Br)cc(/C=C2\C(=O)NC(=O)N(c3ccc(C)c(C)c3)C2=O)cc1OCC. The molecule has 0 aliphatic carbocycles. The van der Waals surface area contributed by atoms with E-state index in [4.69, 9.17) is 14.2 Å². The monoisotopic (exact) mass is 544 g/mol. The highest BCUT2D eigenvalue weighted by atomic mass is 79.9. The largest absolute Gasteiger partial charge is 0.490 e. The van der Waals surface area contributed by atoms with Crippen molar-refractivity contribution >= 4 is 51.5 Å². The second-order valence-corrected chi connectivity index (χ2v) is 8.44. The number of carbonyl (C=O) groups is 4. The van der Waals surface area contributed by atoms with Crippen LogP contribution in [0, 0.1) is 13.8 Å². The number of amides is 4. The predicted octanol–water partition coefficient (Wildman–Crippen LogP) is 4.07. The Kier molecular flexibility index (Phi) is 8.29. The minimum atomic E-state index is -0.820. The minimum absolute atomic E-state index is 0.225. The molecule has 10 heteroatoms. The number of benzene rings is 2. The molecule has 1 fully saturated rings. The number of hydrogen-bond donors (Lipinski definition) is 1. The highest BCUT2D eigenvalue weighted by molar-refractivity contribution is 9.10. The molecular formula is C25H25BrN2O7. The summed E-state index contributed by atoms with van der Waals surface area (Å²) in [5.74, 6) is -1.53. The third kappa shape index (κ3) is 5.89. The van der Waals surface area contributed by atoms with Gasteiger partial charge in [0.25, 0.3) is 11.8 Å². The van der Waals surface area contributed by atoms with Gasteiger partial charge in [0.1, 0.15) is 5.57 Å². The van der Waals surface area contributed by atoms with Gasteiger partial charge in [0.2, 0.25) is 0 Å². The van der Waals surface area contributed by atoms with Crippen molar-refractivity contribution in [2.45, 2.75) is 27.7 Å². The van der Waals surface area contributed by atoms with Crippen molar-refractivity contribution in [2.24, 2.45) is 0 Å². The lowest BCUT2D eigenvalue weighted by Crippen LogP contribution is -2.54. The third-order valence-corrected chi connectivity index (χ3v) is 5.72. The third-order valence-electron chi connectivity index (χ3n) is 5.13. The number of carbonyl (C=O) groups excluding carboxylic acids is 4. The number of urea groups is 1. The Labute approximate surface area is 211 Å². The molecule has 2 aromatic carbocycles. The van der Waals surface area contributed by atoms with E-state index in [1.54, 1.807) is 44.2 Å². The molecule has 0 aromatic heterocycles. The van der Waals surface area contributed by atoms with E-state index < -0.39 is 23.8 Å². The number of nitrogens with zero attached hydrogens (tertiary/aromatic N) is 1. The van der Waals surface area contributed by atoms with Gasteiger partial charge in [0.15, 0.2) is 18.1 Å². The van der Waals surface area contributed by atoms with E-state index in [0.29, 0.717) is 28.1 Å². The molecule has 0 atom stereocenters. The number of halogens is 1. The fraction of sp³-hybridized carbons (Fsp3) is 0.280. The Balaban J connectivity index is 1.97. The number of esters is 1. The van der Waals surface area contributed by atoms with Gasteiger partial charge in [-0.05, 0) is 90.7 Å². The Hall–Kier alpha value is -3.66. The number of aryl methyl sites for hydroxylation is 2. The quantitative estimate of drug-likeness (QED) is 0.303. The molecule has 4 amide bonds. The van der Waals surface area contributed by atoms with E-state index in [0.717, 1.165) is 16.0 Å². The highest BCUT2D eigenvalue weighted by Gasteiger charge is 2.37. The van der Waals surface area contributed by atoms with Gasteiger partial charge >= 0.3 is 12.0 Å². The van der Waals surface area contributed by atoms with Gasteiger partial charge in [-0.3, -0.25) is 14.9 Å².